The van der Waals surface area contributed by atoms with E-state index in [0.29, 0.717) is 25.5 Å². The van der Waals surface area contributed by atoms with Crippen molar-refractivity contribution in [3.8, 4) is 5.75 Å². The molecule has 0 radical (unpaired) electrons. The van der Waals surface area contributed by atoms with E-state index < -0.39 is 15.6 Å². The summed E-state index contributed by atoms with van der Waals surface area (Å²) in [6, 6.07) is 7.54. The van der Waals surface area contributed by atoms with E-state index in [1.54, 1.807) is 4.90 Å². The average Bonchev–Trinajstić information content (AvgIpc) is 3.23. The van der Waals surface area contributed by atoms with Gasteiger partial charge in [0, 0.05) is 5.56 Å². The Bertz CT molecular complexity index is 1120. The topological polar surface area (TPSA) is 90.6 Å². The number of H-pyrrole nitrogens is 1. The normalized spacial score (nSPS) is 20.9. The number of carbonyl (C=O) groups is 2. The van der Waals surface area contributed by atoms with Crippen molar-refractivity contribution in [3.05, 3.63) is 35.5 Å². The highest BCUT2D eigenvalue weighted by Gasteiger charge is 2.51. The van der Waals surface area contributed by atoms with Crippen LogP contribution in [0.15, 0.2) is 24.3 Å². The van der Waals surface area contributed by atoms with Crippen LogP contribution in [0.1, 0.15) is 44.4 Å². The monoisotopic (exact) mass is 471 g/mol. The number of aromatic amines is 1. The third-order valence-corrected chi connectivity index (χ3v) is 10.6. The van der Waals surface area contributed by atoms with E-state index in [2.05, 4.69) is 34.3 Å². The molecule has 3 heterocycles. The lowest BCUT2D eigenvalue weighted by atomic mass is 9.83. The van der Waals surface area contributed by atoms with E-state index in [1.165, 1.54) is 0 Å². The first kappa shape index (κ1) is 22.1. The number of nitrogens with one attached hydrogen (secondary N) is 2. The van der Waals surface area contributed by atoms with Crippen LogP contribution in [-0.2, 0) is 16.9 Å². The summed E-state index contributed by atoms with van der Waals surface area (Å²) in [7, 11) is -1.07. The van der Waals surface area contributed by atoms with Gasteiger partial charge in [-0.1, -0.05) is 12.1 Å². The molecular formula is C24H33N5O3S. The molecule has 5 rings (SSSR count). The molecule has 1 aromatic heterocycles. The zero-order valence-corrected chi connectivity index (χ0v) is 20.8. The summed E-state index contributed by atoms with van der Waals surface area (Å²) in [4.78, 5) is 30.7. The number of carbonyl (C=O) groups excluding carboxylic acids is 2. The predicted molar refractivity (Wildman–Crippen MR) is 132 cm³/mol. The van der Waals surface area contributed by atoms with E-state index in [0.717, 1.165) is 42.0 Å². The Morgan fingerprint density at radius 3 is 2.58 bits per heavy atom. The van der Waals surface area contributed by atoms with Crippen molar-refractivity contribution in [1.29, 1.82) is 0 Å². The molecule has 0 bridgehead atoms. The molecule has 3 aliphatic rings. The van der Waals surface area contributed by atoms with Gasteiger partial charge in [0.15, 0.2) is 5.82 Å². The number of para-hydroxylation sites is 2. The fourth-order valence-electron chi connectivity index (χ4n) is 5.28. The van der Waals surface area contributed by atoms with Crippen LogP contribution < -0.4 is 15.0 Å². The van der Waals surface area contributed by atoms with E-state index in [1.807, 2.05) is 43.0 Å². The third kappa shape index (κ3) is 3.23. The summed E-state index contributed by atoms with van der Waals surface area (Å²) in [5.74, 6) is 1.34. The smallest absolute Gasteiger partial charge is 0.325 e. The second-order valence-electron chi connectivity index (χ2n) is 10.5. The Balaban J connectivity index is 1.40. The van der Waals surface area contributed by atoms with Crippen molar-refractivity contribution in [1.82, 2.24) is 15.1 Å². The molecular weight excluding hydrogens is 438 g/mol. The number of benzene rings is 1. The van der Waals surface area contributed by atoms with Crippen LogP contribution >= 0.6 is 10.0 Å². The molecule has 0 spiro atoms. The van der Waals surface area contributed by atoms with Crippen LogP contribution in [0.4, 0.5) is 16.3 Å². The maximum atomic E-state index is 13.7. The second-order valence-corrected chi connectivity index (χ2v) is 14.9. The fourth-order valence-corrected chi connectivity index (χ4v) is 7.40. The fraction of sp³-hybridized carbons (Fsp3) is 0.542. The summed E-state index contributed by atoms with van der Waals surface area (Å²) in [5.41, 5.74) is 1.96. The molecule has 2 aliphatic heterocycles. The number of hydrogen-bond donors (Lipinski definition) is 2. The SMILES string of the molecule is CC1(C)c2[nH]nc(NC(=O)C3(S(C)(C)C)CCC3)c2CN1C(=O)N1CCOc2ccccc21. The van der Waals surface area contributed by atoms with Crippen molar-refractivity contribution in [2.24, 2.45) is 0 Å². The highest BCUT2D eigenvalue weighted by molar-refractivity contribution is 8.33. The number of rotatable bonds is 3. The van der Waals surface area contributed by atoms with Gasteiger partial charge in [-0.15, -0.1) is 0 Å². The second kappa shape index (κ2) is 7.41. The van der Waals surface area contributed by atoms with E-state index in [-0.39, 0.29) is 16.7 Å². The molecule has 1 saturated carbocycles. The molecule has 0 atom stereocenters. The van der Waals surface area contributed by atoms with Crippen molar-refractivity contribution in [2.45, 2.75) is 49.9 Å². The van der Waals surface area contributed by atoms with Crippen molar-refractivity contribution in [3.63, 3.8) is 0 Å². The van der Waals surface area contributed by atoms with Crippen LogP contribution in [0.5, 0.6) is 5.75 Å². The number of amides is 3. The molecule has 3 amide bonds. The number of urea groups is 1. The van der Waals surface area contributed by atoms with Gasteiger partial charge < -0.3 is 15.0 Å². The Kier molecular flexibility index (Phi) is 4.97. The molecule has 9 heteroatoms. The Hall–Kier alpha value is -2.68. The van der Waals surface area contributed by atoms with Crippen molar-refractivity contribution < 1.29 is 14.3 Å². The molecule has 2 N–H and O–H groups in total. The van der Waals surface area contributed by atoms with Gasteiger partial charge in [-0.05, 0) is 64.0 Å². The van der Waals surface area contributed by atoms with Crippen molar-refractivity contribution >= 4 is 33.5 Å². The standard InChI is InChI=1S/C24H33N5O3S/c1-23(2)19-16(20(27-26-19)25-21(30)24(11-8-12-24)33(3,4)5)15-29(23)22(31)28-13-14-32-18-10-7-6-9-17(18)28/h6-7,9-10H,8,11-15H2,1-5H3,(H2,25,26,27,30). The average molecular weight is 472 g/mol. The quantitative estimate of drug-likeness (QED) is 0.707. The van der Waals surface area contributed by atoms with Crippen LogP contribution in [0.2, 0.25) is 0 Å². The molecule has 1 aliphatic carbocycles. The lowest BCUT2D eigenvalue weighted by molar-refractivity contribution is -0.120. The van der Waals surface area contributed by atoms with Gasteiger partial charge in [0.1, 0.15) is 12.4 Å². The lowest BCUT2D eigenvalue weighted by Crippen LogP contribution is -2.51. The van der Waals surface area contributed by atoms with Gasteiger partial charge in [0.05, 0.1) is 34.8 Å². The summed E-state index contributed by atoms with van der Waals surface area (Å²) >= 11 is 0. The number of fused-ring (bicyclic) bond motifs is 2. The Morgan fingerprint density at radius 2 is 1.91 bits per heavy atom. The molecule has 0 saturated heterocycles. The highest BCUT2D eigenvalue weighted by Crippen LogP contribution is 2.60. The number of aromatic nitrogens is 2. The summed E-state index contributed by atoms with van der Waals surface area (Å²) in [6.45, 7) is 5.37. The van der Waals surface area contributed by atoms with Crippen LogP contribution in [0, 0.1) is 0 Å². The Morgan fingerprint density at radius 1 is 1.18 bits per heavy atom. The van der Waals surface area contributed by atoms with E-state index in [9.17, 15) is 9.59 Å². The first-order valence-corrected chi connectivity index (χ1v) is 14.3. The molecule has 178 valence electrons. The first-order chi connectivity index (χ1) is 15.6. The lowest BCUT2D eigenvalue weighted by Gasteiger charge is -2.53. The van der Waals surface area contributed by atoms with Crippen LogP contribution in [-0.4, -0.2) is 63.7 Å². The van der Waals surface area contributed by atoms with E-state index in [4.69, 9.17) is 4.74 Å². The first-order valence-electron chi connectivity index (χ1n) is 11.4. The largest absolute Gasteiger partial charge is 0.490 e. The molecule has 2 aromatic rings. The van der Waals surface area contributed by atoms with Crippen LogP contribution in [0.3, 0.4) is 0 Å². The van der Waals surface area contributed by atoms with Gasteiger partial charge >= 0.3 is 6.03 Å². The summed E-state index contributed by atoms with van der Waals surface area (Å²) in [5, 5.41) is 10.7. The Labute approximate surface area is 196 Å². The number of anilines is 2. The minimum atomic E-state index is -1.07. The molecule has 33 heavy (non-hydrogen) atoms. The minimum Gasteiger partial charge on any atom is -0.490 e. The highest BCUT2D eigenvalue weighted by atomic mass is 32.3. The maximum Gasteiger partial charge on any atom is 0.325 e. The molecule has 1 fully saturated rings. The van der Waals surface area contributed by atoms with Gasteiger partial charge in [0.25, 0.3) is 0 Å². The molecule has 8 nitrogen and oxygen atoms in total. The van der Waals surface area contributed by atoms with Gasteiger partial charge in [-0.3, -0.25) is 14.8 Å². The zero-order valence-electron chi connectivity index (χ0n) is 20.0. The summed E-state index contributed by atoms with van der Waals surface area (Å²) in [6.07, 6.45) is 9.58. The summed E-state index contributed by atoms with van der Waals surface area (Å²) < 4.78 is 5.44. The number of ether oxygens (including phenoxy) is 1. The van der Waals surface area contributed by atoms with Gasteiger partial charge in [-0.25, -0.2) is 14.8 Å². The van der Waals surface area contributed by atoms with Gasteiger partial charge in [-0.2, -0.15) is 5.10 Å². The number of hydrogen-bond acceptors (Lipinski definition) is 4. The van der Waals surface area contributed by atoms with Gasteiger partial charge in [0.2, 0.25) is 5.91 Å². The van der Waals surface area contributed by atoms with Crippen molar-refractivity contribution in [2.75, 3.05) is 42.1 Å². The zero-order chi connectivity index (χ0) is 23.6. The molecule has 0 unspecified atom stereocenters. The third-order valence-electron chi connectivity index (χ3n) is 7.64. The minimum absolute atomic E-state index is 0.0650. The predicted octanol–water partition coefficient (Wildman–Crippen LogP) is 4.03. The number of nitrogens with zero attached hydrogens (tertiary/aromatic N) is 3. The van der Waals surface area contributed by atoms with E-state index >= 15 is 0 Å². The molecule has 1 aromatic carbocycles. The maximum absolute atomic E-state index is 13.7. The van der Waals surface area contributed by atoms with Crippen LogP contribution in [0.25, 0.3) is 0 Å².